The summed E-state index contributed by atoms with van der Waals surface area (Å²) in [5.41, 5.74) is 2.94. The van der Waals surface area contributed by atoms with E-state index in [1.54, 1.807) is 11.9 Å². The van der Waals surface area contributed by atoms with E-state index in [0.717, 1.165) is 73.2 Å². The van der Waals surface area contributed by atoms with Crippen molar-refractivity contribution in [3.05, 3.63) is 54.1 Å². The first-order chi connectivity index (χ1) is 19.0. The number of amides is 2. The van der Waals surface area contributed by atoms with Crippen molar-refractivity contribution in [1.82, 2.24) is 9.62 Å². The maximum atomic E-state index is 13.3. The van der Waals surface area contributed by atoms with Gasteiger partial charge >= 0.3 is 0 Å². The highest BCUT2D eigenvalue weighted by atomic mass is 32.2. The second kappa shape index (κ2) is 14.2. The van der Waals surface area contributed by atoms with Crippen LogP contribution in [0.2, 0.25) is 0 Å². The summed E-state index contributed by atoms with van der Waals surface area (Å²) in [4.78, 5) is 31.8. The quantitative estimate of drug-likeness (QED) is 0.237. The van der Waals surface area contributed by atoms with Crippen molar-refractivity contribution in [2.45, 2.75) is 90.0 Å². The molecular formula is C31H46N4O4S. The van der Waals surface area contributed by atoms with E-state index in [1.807, 2.05) is 38.1 Å². The molecule has 1 aromatic carbocycles. The van der Waals surface area contributed by atoms with Crippen LogP contribution in [0.25, 0.3) is 0 Å². The smallest absolute Gasteiger partial charge is 0.253 e. The lowest BCUT2D eigenvalue weighted by molar-refractivity contribution is -0.125. The molecule has 1 aromatic rings. The van der Waals surface area contributed by atoms with E-state index in [-0.39, 0.29) is 17.6 Å². The fourth-order valence-electron chi connectivity index (χ4n) is 5.55. The van der Waals surface area contributed by atoms with Gasteiger partial charge in [-0.1, -0.05) is 12.2 Å². The number of nitrogens with zero attached hydrogens (tertiary/aromatic N) is 3. The van der Waals surface area contributed by atoms with Crippen molar-refractivity contribution >= 4 is 33.4 Å². The fraction of sp³-hybridized carbons (Fsp3) is 0.581. The van der Waals surface area contributed by atoms with Crippen LogP contribution in [0.5, 0.6) is 0 Å². The largest absolute Gasteiger partial charge is 0.315 e. The van der Waals surface area contributed by atoms with Gasteiger partial charge in [-0.25, -0.2) is 12.7 Å². The van der Waals surface area contributed by atoms with E-state index in [1.165, 1.54) is 4.31 Å². The Balaban J connectivity index is 1.57. The zero-order valence-corrected chi connectivity index (χ0v) is 25.3. The van der Waals surface area contributed by atoms with Crippen molar-refractivity contribution in [3.8, 4) is 0 Å². The average molecular weight is 571 g/mol. The number of amidine groups is 1. The fourth-order valence-corrected chi connectivity index (χ4v) is 7.01. The number of rotatable bonds is 15. The molecule has 0 aromatic heterocycles. The van der Waals surface area contributed by atoms with Crippen molar-refractivity contribution in [1.29, 1.82) is 0 Å². The van der Waals surface area contributed by atoms with Crippen LogP contribution < -0.4 is 10.2 Å². The SMILES string of the molecule is C=CCCCCC(=O)N(C)c1cc(C)c(CCS(=O)(=O)N2CCC3(CC2)N=C(CCCCC=C)NC3=O)c(C)c1. The summed E-state index contributed by atoms with van der Waals surface area (Å²) in [6, 6.07) is 3.93. The lowest BCUT2D eigenvalue weighted by atomic mass is 9.89. The molecule has 220 valence electrons. The molecule has 2 aliphatic heterocycles. The zero-order chi connectivity index (χ0) is 29.3. The van der Waals surface area contributed by atoms with Gasteiger partial charge in [-0.05, 0) is 100 Å². The van der Waals surface area contributed by atoms with E-state index in [4.69, 9.17) is 4.99 Å². The van der Waals surface area contributed by atoms with Crippen LogP contribution in [0, 0.1) is 13.8 Å². The zero-order valence-electron chi connectivity index (χ0n) is 24.5. The molecular weight excluding hydrogens is 524 g/mol. The van der Waals surface area contributed by atoms with E-state index < -0.39 is 15.6 Å². The van der Waals surface area contributed by atoms with Gasteiger partial charge in [-0.15, -0.1) is 13.2 Å². The highest BCUT2D eigenvalue weighted by Crippen LogP contribution is 2.32. The predicted molar refractivity (Wildman–Crippen MR) is 163 cm³/mol. The first kappa shape index (κ1) is 31.7. The van der Waals surface area contributed by atoms with Gasteiger partial charge in [-0.3, -0.25) is 14.6 Å². The van der Waals surface area contributed by atoms with Crippen LogP contribution in [-0.4, -0.2) is 61.8 Å². The molecule has 9 heteroatoms. The monoisotopic (exact) mass is 570 g/mol. The Morgan fingerprint density at radius 2 is 1.65 bits per heavy atom. The Morgan fingerprint density at radius 1 is 1.05 bits per heavy atom. The molecule has 8 nitrogen and oxygen atoms in total. The number of benzene rings is 1. The topological polar surface area (TPSA) is 99.2 Å². The highest BCUT2D eigenvalue weighted by Gasteiger charge is 2.47. The van der Waals surface area contributed by atoms with Gasteiger partial charge in [0, 0.05) is 38.7 Å². The third-order valence-corrected chi connectivity index (χ3v) is 10.0. The number of hydrogen-bond acceptors (Lipinski definition) is 5. The summed E-state index contributed by atoms with van der Waals surface area (Å²) in [6.07, 6.45) is 11.7. The lowest BCUT2D eigenvalue weighted by Gasteiger charge is -2.34. The number of aliphatic imine (C=N–C) groups is 1. The molecule has 0 bridgehead atoms. The minimum absolute atomic E-state index is 0.00309. The normalized spacial score (nSPS) is 17.0. The average Bonchev–Trinajstić information content (AvgIpc) is 3.22. The number of carbonyl (C=O) groups is 2. The molecule has 0 atom stereocenters. The van der Waals surface area contributed by atoms with Crippen LogP contribution in [0.1, 0.15) is 80.9 Å². The number of carbonyl (C=O) groups excluding carboxylic acids is 2. The minimum atomic E-state index is -3.50. The van der Waals surface area contributed by atoms with Crippen molar-refractivity contribution in [2.75, 3.05) is 30.8 Å². The van der Waals surface area contributed by atoms with Crippen molar-refractivity contribution < 1.29 is 18.0 Å². The molecule has 0 unspecified atom stereocenters. The molecule has 3 rings (SSSR count). The third-order valence-electron chi connectivity index (χ3n) is 8.15. The minimum Gasteiger partial charge on any atom is -0.315 e. The van der Waals surface area contributed by atoms with Crippen LogP contribution in [0.15, 0.2) is 42.4 Å². The lowest BCUT2D eigenvalue weighted by Crippen LogP contribution is -2.50. The van der Waals surface area contributed by atoms with Crippen LogP contribution in [-0.2, 0) is 26.0 Å². The molecule has 1 N–H and O–H groups in total. The van der Waals surface area contributed by atoms with Gasteiger partial charge in [0.1, 0.15) is 11.4 Å². The number of unbranched alkanes of at least 4 members (excludes halogenated alkanes) is 4. The predicted octanol–water partition coefficient (Wildman–Crippen LogP) is 4.99. The number of sulfonamides is 1. The van der Waals surface area contributed by atoms with Gasteiger partial charge in [0.15, 0.2) is 0 Å². The molecule has 0 radical (unpaired) electrons. The number of hydrogen-bond donors (Lipinski definition) is 1. The van der Waals surface area contributed by atoms with Gasteiger partial charge < -0.3 is 10.2 Å². The second-order valence-corrected chi connectivity index (χ2v) is 13.2. The molecule has 1 spiro atoms. The summed E-state index contributed by atoms with van der Waals surface area (Å²) in [6.45, 7) is 12.0. The molecule has 0 aliphatic carbocycles. The molecule has 2 amide bonds. The highest BCUT2D eigenvalue weighted by molar-refractivity contribution is 7.89. The number of allylic oxidation sites excluding steroid dienone is 2. The van der Waals surface area contributed by atoms with Crippen molar-refractivity contribution in [3.63, 3.8) is 0 Å². The van der Waals surface area contributed by atoms with E-state index in [9.17, 15) is 18.0 Å². The van der Waals surface area contributed by atoms with Crippen LogP contribution in [0.3, 0.4) is 0 Å². The maximum absolute atomic E-state index is 13.3. The number of nitrogens with one attached hydrogen (secondary N) is 1. The van der Waals surface area contributed by atoms with E-state index >= 15 is 0 Å². The van der Waals surface area contributed by atoms with E-state index in [0.29, 0.717) is 38.8 Å². The van der Waals surface area contributed by atoms with Crippen molar-refractivity contribution in [2.24, 2.45) is 4.99 Å². The second-order valence-electron chi connectivity index (χ2n) is 11.1. The first-order valence-electron chi connectivity index (χ1n) is 14.5. The standard InChI is InChI=1S/C31H46N4O4S/c1-6-8-10-12-14-28-32-30(37)31(33-28)17-19-35(20-18-31)40(38,39)21-16-27-24(3)22-26(23-25(27)4)34(5)29(36)15-13-11-9-7-2/h6-7,22-23H,1-2,8-21H2,3-5H3,(H,32,33,37). The summed E-state index contributed by atoms with van der Waals surface area (Å²) in [5.74, 6) is 0.694. The van der Waals surface area contributed by atoms with E-state index in [2.05, 4.69) is 18.5 Å². The first-order valence-corrected chi connectivity index (χ1v) is 16.1. The Kier molecular flexibility index (Phi) is 11.3. The summed E-state index contributed by atoms with van der Waals surface area (Å²) in [7, 11) is -1.71. The maximum Gasteiger partial charge on any atom is 0.253 e. The molecule has 2 aliphatic rings. The molecule has 1 fully saturated rings. The Bertz CT molecular complexity index is 1210. The van der Waals surface area contributed by atoms with Gasteiger partial charge in [-0.2, -0.15) is 0 Å². The Hall–Kier alpha value is -2.78. The van der Waals surface area contributed by atoms with Gasteiger partial charge in [0.05, 0.1) is 5.75 Å². The van der Waals surface area contributed by atoms with Crippen LogP contribution >= 0.6 is 0 Å². The number of anilines is 1. The summed E-state index contributed by atoms with van der Waals surface area (Å²) in [5, 5.41) is 2.93. The number of piperidine rings is 1. The summed E-state index contributed by atoms with van der Waals surface area (Å²) < 4.78 is 28.0. The molecule has 2 heterocycles. The Morgan fingerprint density at radius 3 is 2.25 bits per heavy atom. The van der Waals surface area contributed by atoms with Gasteiger partial charge in [0.25, 0.3) is 5.91 Å². The Labute approximate surface area is 240 Å². The molecule has 40 heavy (non-hydrogen) atoms. The van der Waals surface area contributed by atoms with Crippen LogP contribution in [0.4, 0.5) is 5.69 Å². The third kappa shape index (κ3) is 7.91. The molecule has 1 saturated heterocycles. The van der Waals surface area contributed by atoms with Gasteiger partial charge in [0.2, 0.25) is 15.9 Å². The summed E-state index contributed by atoms with van der Waals surface area (Å²) >= 11 is 0. The molecule has 0 saturated carbocycles. The number of aryl methyl sites for hydroxylation is 2.